The van der Waals surface area contributed by atoms with E-state index in [2.05, 4.69) is 0 Å². The predicted octanol–water partition coefficient (Wildman–Crippen LogP) is -0.00260. The van der Waals surface area contributed by atoms with E-state index in [1.54, 1.807) is 18.2 Å². The summed E-state index contributed by atoms with van der Waals surface area (Å²) < 4.78 is 0. The van der Waals surface area contributed by atoms with Crippen molar-refractivity contribution >= 4 is 23.2 Å². The molecule has 1 aromatic carbocycles. The molecule has 0 atom stereocenters. The third kappa shape index (κ3) is 3.09. The lowest BCUT2D eigenvalue weighted by Crippen LogP contribution is -3.00. The highest BCUT2D eigenvalue weighted by atomic mass is 79.9. The minimum absolute atomic E-state index is 0. The Bertz CT molecular complexity index is 171. The Labute approximate surface area is 74.6 Å². The van der Waals surface area contributed by atoms with Gasteiger partial charge >= 0.3 is 0 Å². The molecule has 0 amide bonds. The predicted molar refractivity (Wildman–Crippen MR) is 36.5 cm³/mol. The van der Waals surface area contributed by atoms with E-state index >= 15 is 0 Å². The van der Waals surface area contributed by atoms with Crippen LogP contribution in [0.15, 0.2) is 24.3 Å². The van der Waals surface area contributed by atoms with E-state index in [-0.39, 0.29) is 17.0 Å². The second-order valence-corrected chi connectivity index (χ2v) is 2.31. The van der Waals surface area contributed by atoms with Crippen molar-refractivity contribution in [2.75, 3.05) is 0 Å². The van der Waals surface area contributed by atoms with Crippen molar-refractivity contribution in [2.45, 2.75) is 0 Å². The zero-order valence-corrected chi connectivity index (χ0v) is 7.54. The molecule has 0 aliphatic heterocycles. The Morgan fingerprint density at radius 3 is 1.67 bits per heavy atom. The van der Waals surface area contributed by atoms with Gasteiger partial charge in [0.05, 0.1) is 0 Å². The lowest BCUT2D eigenvalue weighted by molar-refractivity contribution is -0.00000143. The molecule has 0 heterocycles. The lowest BCUT2D eigenvalue weighted by atomic mass is 10.4. The van der Waals surface area contributed by atoms with Crippen molar-refractivity contribution in [1.29, 1.82) is 0 Å². The van der Waals surface area contributed by atoms with Crippen LogP contribution in [-0.2, 0) is 0 Å². The van der Waals surface area contributed by atoms with Gasteiger partial charge in [0, 0.05) is 10.0 Å². The molecule has 0 radical (unpaired) electrons. The molecule has 0 aromatic heterocycles. The Kier molecular flexibility index (Phi) is 4.28. The first kappa shape index (κ1) is 9.28. The van der Waals surface area contributed by atoms with E-state index in [9.17, 15) is 0 Å². The molecule has 0 bridgehead atoms. The van der Waals surface area contributed by atoms with Gasteiger partial charge in [0.15, 0.2) is 0 Å². The van der Waals surface area contributed by atoms with Gasteiger partial charge in [0.25, 0.3) is 0 Å². The fourth-order valence-electron chi connectivity index (χ4n) is 0.460. The third-order valence-electron chi connectivity index (χ3n) is 0.787. The van der Waals surface area contributed by atoms with E-state index < -0.39 is 0 Å². The average molecular weight is 227 g/mol. The minimum Gasteiger partial charge on any atom is -1.00 e. The van der Waals surface area contributed by atoms with Crippen molar-refractivity contribution in [1.82, 2.24) is 0 Å². The van der Waals surface area contributed by atoms with Gasteiger partial charge in [0.1, 0.15) is 0 Å². The Hall–Kier alpha value is 0.280. The normalized spacial score (nSPS) is 8.22. The highest BCUT2D eigenvalue weighted by Gasteiger charge is 1.84. The van der Waals surface area contributed by atoms with Crippen LogP contribution in [0, 0.1) is 0 Å². The van der Waals surface area contributed by atoms with Crippen LogP contribution >= 0.6 is 23.2 Å². The molecule has 0 saturated carbocycles. The molecule has 0 unspecified atom stereocenters. The number of hydrogen-bond donors (Lipinski definition) is 0. The fourth-order valence-corrected chi connectivity index (χ4v) is 0.896. The molecular weight excluding hydrogens is 223 g/mol. The summed E-state index contributed by atoms with van der Waals surface area (Å²) in [5.41, 5.74) is 0. The SMILES string of the molecule is Clc1cccc(Cl)c1.[Br-]. The van der Waals surface area contributed by atoms with Crippen LogP contribution in [0.4, 0.5) is 0 Å². The van der Waals surface area contributed by atoms with Gasteiger partial charge < -0.3 is 17.0 Å². The highest BCUT2D eigenvalue weighted by molar-refractivity contribution is 6.34. The quantitative estimate of drug-likeness (QED) is 0.585. The monoisotopic (exact) mass is 225 g/mol. The van der Waals surface area contributed by atoms with Gasteiger partial charge in [-0.1, -0.05) is 29.3 Å². The molecule has 0 fully saturated rings. The molecule has 50 valence electrons. The van der Waals surface area contributed by atoms with Gasteiger partial charge in [0.2, 0.25) is 0 Å². The molecular formula is C6H4BrCl2-. The van der Waals surface area contributed by atoms with Crippen LogP contribution in [0.5, 0.6) is 0 Å². The summed E-state index contributed by atoms with van der Waals surface area (Å²) in [6, 6.07) is 7.08. The molecule has 1 rings (SSSR count). The average Bonchev–Trinajstić information content (AvgIpc) is 1.64. The largest absolute Gasteiger partial charge is 1.00 e. The zero-order chi connectivity index (χ0) is 5.98. The molecule has 1 aromatic rings. The first-order chi connectivity index (χ1) is 3.79. The molecule has 0 aliphatic rings. The van der Waals surface area contributed by atoms with Crippen LogP contribution < -0.4 is 17.0 Å². The van der Waals surface area contributed by atoms with Gasteiger partial charge in [-0.15, -0.1) is 0 Å². The standard InChI is InChI=1S/C6H4Cl2.BrH/c7-5-2-1-3-6(8)4-5;/h1-4H;1H/p-1. The van der Waals surface area contributed by atoms with Crippen LogP contribution in [0.3, 0.4) is 0 Å². The molecule has 9 heavy (non-hydrogen) atoms. The summed E-state index contributed by atoms with van der Waals surface area (Å²) in [5.74, 6) is 0. The van der Waals surface area contributed by atoms with E-state index in [1.807, 2.05) is 6.07 Å². The van der Waals surface area contributed by atoms with E-state index in [4.69, 9.17) is 23.2 Å². The second kappa shape index (κ2) is 4.15. The zero-order valence-electron chi connectivity index (χ0n) is 4.44. The number of halogens is 3. The van der Waals surface area contributed by atoms with Crippen molar-refractivity contribution < 1.29 is 17.0 Å². The summed E-state index contributed by atoms with van der Waals surface area (Å²) in [6.07, 6.45) is 0. The molecule has 0 nitrogen and oxygen atoms in total. The maximum Gasteiger partial charge on any atom is 0.0420 e. The van der Waals surface area contributed by atoms with E-state index in [1.165, 1.54) is 0 Å². The van der Waals surface area contributed by atoms with Crippen LogP contribution in [0.2, 0.25) is 10.0 Å². The summed E-state index contributed by atoms with van der Waals surface area (Å²) in [6.45, 7) is 0. The topological polar surface area (TPSA) is 0 Å². The highest BCUT2D eigenvalue weighted by Crippen LogP contribution is 2.13. The van der Waals surface area contributed by atoms with Crippen molar-refractivity contribution in [3.05, 3.63) is 34.3 Å². The van der Waals surface area contributed by atoms with Crippen LogP contribution in [-0.4, -0.2) is 0 Å². The van der Waals surface area contributed by atoms with Gasteiger partial charge in [-0.2, -0.15) is 0 Å². The first-order valence-corrected chi connectivity index (χ1v) is 2.96. The maximum absolute atomic E-state index is 5.56. The third-order valence-corrected chi connectivity index (χ3v) is 1.26. The molecule has 0 saturated heterocycles. The van der Waals surface area contributed by atoms with E-state index in [0.717, 1.165) is 0 Å². The first-order valence-electron chi connectivity index (χ1n) is 2.20. The molecule has 3 heteroatoms. The number of benzene rings is 1. The van der Waals surface area contributed by atoms with Crippen LogP contribution in [0.25, 0.3) is 0 Å². The summed E-state index contributed by atoms with van der Waals surface area (Å²) in [7, 11) is 0. The molecule has 0 aliphatic carbocycles. The number of rotatable bonds is 0. The second-order valence-electron chi connectivity index (χ2n) is 1.44. The lowest BCUT2D eigenvalue weighted by Gasteiger charge is -1.86. The summed E-state index contributed by atoms with van der Waals surface area (Å²) >= 11 is 11.1. The van der Waals surface area contributed by atoms with Crippen molar-refractivity contribution in [3.8, 4) is 0 Å². The van der Waals surface area contributed by atoms with Gasteiger partial charge in [-0.05, 0) is 18.2 Å². The summed E-state index contributed by atoms with van der Waals surface area (Å²) in [4.78, 5) is 0. The fraction of sp³-hybridized carbons (Fsp3) is 0. The van der Waals surface area contributed by atoms with Crippen molar-refractivity contribution in [3.63, 3.8) is 0 Å². The van der Waals surface area contributed by atoms with Gasteiger partial charge in [-0.25, -0.2) is 0 Å². The van der Waals surface area contributed by atoms with Crippen LogP contribution in [0.1, 0.15) is 0 Å². The van der Waals surface area contributed by atoms with Crippen molar-refractivity contribution in [2.24, 2.45) is 0 Å². The minimum atomic E-state index is 0. The Morgan fingerprint density at radius 1 is 1.00 bits per heavy atom. The molecule has 0 spiro atoms. The maximum atomic E-state index is 5.56. The smallest absolute Gasteiger partial charge is 0.0420 e. The summed E-state index contributed by atoms with van der Waals surface area (Å²) in [5, 5.41) is 1.36. The van der Waals surface area contributed by atoms with E-state index in [0.29, 0.717) is 10.0 Å². The van der Waals surface area contributed by atoms with Gasteiger partial charge in [-0.3, -0.25) is 0 Å². The Balaban J connectivity index is 0.000000640. The molecule has 0 N–H and O–H groups in total. The Morgan fingerprint density at radius 2 is 1.44 bits per heavy atom. The number of hydrogen-bond acceptors (Lipinski definition) is 0.